The third-order valence-electron chi connectivity index (χ3n) is 3.90. The van der Waals surface area contributed by atoms with Crippen molar-refractivity contribution in [1.82, 2.24) is 4.98 Å². The third-order valence-corrected chi connectivity index (χ3v) is 3.90. The highest BCUT2D eigenvalue weighted by Gasteiger charge is 2.14. The van der Waals surface area contributed by atoms with Gasteiger partial charge in [-0.15, -0.1) is 0 Å². The number of hydrogen-bond acceptors (Lipinski definition) is 4. The first-order chi connectivity index (χ1) is 12.5. The Kier molecular flexibility index (Phi) is 4.84. The Balaban J connectivity index is 2.10. The average molecular weight is 349 g/mol. The van der Waals surface area contributed by atoms with Crippen LogP contribution in [0.5, 0.6) is 5.75 Å². The molecule has 0 aliphatic heterocycles. The van der Waals surface area contributed by atoms with Crippen molar-refractivity contribution in [1.29, 1.82) is 0 Å². The molecule has 0 fully saturated rings. The third kappa shape index (κ3) is 3.49. The number of carbonyl (C=O) groups excluding carboxylic acids is 2. The summed E-state index contributed by atoms with van der Waals surface area (Å²) in [5.74, 6) is 0.240. The van der Waals surface area contributed by atoms with E-state index in [4.69, 9.17) is 4.74 Å². The minimum Gasteiger partial charge on any atom is -0.492 e. The van der Waals surface area contributed by atoms with Gasteiger partial charge < -0.3 is 15.4 Å². The number of benzene rings is 2. The number of amides is 2. The molecule has 0 bridgehead atoms. The quantitative estimate of drug-likeness (QED) is 0.750. The first kappa shape index (κ1) is 17.4. The van der Waals surface area contributed by atoms with Crippen molar-refractivity contribution in [2.45, 2.75) is 13.8 Å². The van der Waals surface area contributed by atoms with Gasteiger partial charge in [-0.1, -0.05) is 12.1 Å². The Labute approximate surface area is 151 Å². The second-order valence-corrected chi connectivity index (χ2v) is 5.84. The fraction of sp³-hybridized carbons (Fsp3) is 0.150. The average Bonchev–Trinajstić information content (AvgIpc) is 2.60. The lowest BCUT2D eigenvalue weighted by Crippen LogP contribution is -2.07. The summed E-state index contributed by atoms with van der Waals surface area (Å²) in [6.07, 6.45) is 1.71. The number of nitrogens with zero attached hydrogens (tertiary/aromatic N) is 1. The van der Waals surface area contributed by atoms with Crippen molar-refractivity contribution in [3.63, 3.8) is 0 Å². The van der Waals surface area contributed by atoms with E-state index in [2.05, 4.69) is 15.6 Å². The Bertz CT molecular complexity index is 982. The summed E-state index contributed by atoms with van der Waals surface area (Å²) in [5.41, 5.74) is 3.96. The molecule has 1 heterocycles. The summed E-state index contributed by atoms with van der Waals surface area (Å²) in [5, 5.41) is 6.42. The van der Waals surface area contributed by atoms with Gasteiger partial charge in [0.25, 0.3) is 0 Å². The Hall–Kier alpha value is -3.41. The molecule has 3 rings (SSSR count). The van der Waals surface area contributed by atoms with E-state index in [1.807, 2.05) is 36.4 Å². The number of fused-ring (bicyclic) bond motifs is 1. The maximum absolute atomic E-state index is 11.4. The molecule has 0 unspecified atom stereocenters. The predicted molar refractivity (Wildman–Crippen MR) is 102 cm³/mol. The number of carbonyl (C=O) groups is 2. The molecule has 26 heavy (non-hydrogen) atoms. The summed E-state index contributed by atoms with van der Waals surface area (Å²) >= 11 is 0. The van der Waals surface area contributed by atoms with Gasteiger partial charge in [-0.2, -0.15) is 0 Å². The van der Waals surface area contributed by atoms with Crippen LogP contribution in [0, 0.1) is 0 Å². The summed E-state index contributed by atoms with van der Waals surface area (Å²) < 4.78 is 5.49. The van der Waals surface area contributed by atoms with Crippen molar-refractivity contribution >= 4 is 34.1 Å². The number of methoxy groups -OCH3 is 1. The molecule has 6 nitrogen and oxygen atoms in total. The van der Waals surface area contributed by atoms with Crippen LogP contribution in [0.25, 0.3) is 22.0 Å². The van der Waals surface area contributed by atoms with E-state index in [-0.39, 0.29) is 11.8 Å². The van der Waals surface area contributed by atoms with Crippen LogP contribution in [0.3, 0.4) is 0 Å². The second kappa shape index (κ2) is 7.23. The van der Waals surface area contributed by atoms with E-state index in [1.54, 1.807) is 19.4 Å². The SMILES string of the molecule is COc1c(NC(C)=O)ccc2c(-c3ccc(NC(C)=O)cc3)ccnc12. The molecule has 0 saturated carbocycles. The van der Waals surface area contributed by atoms with Crippen LogP contribution in [0.2, 0.25) is 0 Å². The normalized spacial score (nSPS) is 10.4. The van der Waals surface area contributed by atoms with Crippen LogP contribution in [0.15, 0.2) is 48.7 Å². The van der Waals surface area contributed by atoms with E-state index in [0.717, 1.165) is 22.2 Å². The van der Waals surface area contributed by atoms with Gasteiger partial charge >= 0.3 is 0 Å². The van der Waals surface area contributed by atoms with Gasteiger partial charge in [-0.05, 0) is 41.5 Å². The van der Waals surface area contributed by atoms with Gasteiger partial charge in [-0.25, -0.2) is 0 Å². The number of pyridine rings is 1. The molecular weight excluding hydrogens is 330 g/mol. The second-order valence-electron chi connectivity index (χ2n) is 5.84. The van der Waals surface area contributed by atoms with Crippen LogP contribution in [0.1, 0.15) is 13.8 Å². The number of ether oxygens (including phenoxy) is 1. The molecule has 3 aromatic rings. The molecule has 2 aromatic carbocycles. The largest absolute Gasteiger partial charge is 0.492 e. The fourth-order valence-electron chi connectivity index (χ4n) is 2.88. The van der Waals surface area contributed by atoms with Crippen LogP contribution in [-0.2, 0) is 9.59 Å². The highest BCUT2D eigenvalue weighted by atomic mass is 16.5. The Morgan fingerprint density at radius 3 is 2.23 bits per heavy atom. The van der Waals surface area contributed by atoms with E-state index < -0.39 is 0 Å². The number of anilines is 2. The molecule has 0 aliphatic rings. The predicted octanol–water partition coefficient (Wildman–Crippen LogP) is 3.83. The molecule has 2 N–H and O–H groups in total. The van der Waals surface area contributed by atoms with Crippen LogP contribution >= 0.6 is 0 Å². The van der Waals surface area contributed by atoms with Crippen molar-refractivity contribution < 1.29 is 14.3 Å². The fourth-order valence-corrected chi connectivity index (χ4v) is 2.88. The molecule has 132 valence electrons. The van der Waals surface area contributed by atoms with Crippen LogP contribution < -0.4 is 15.4 Å². The van der Waals surface area contributed by atoms with E-state index in [1.165, 1.54) is 13.8 Å². The molecule has 0 saturated heterocycles. The topological polar surface area (TPSA) is 80.3 Å². The first-order valence-electron chi connectivity index (χ1n) is 8.11. The Morgan fingerprint density at radius 1 is 0.923 bits per heavy atom. The van der Waals surface area contributed by atoms with Gasteiger partial charge in [0, 0.05) is 31.1 Å². The van der Waals surface area contributed by atoms with E-state index in [0.29, 0.717) is 17.0 Å². The summed E-state index contributed by atoms with van der Waals surface area (Å²) in [7, 11) is 1.55. The van der Waals surface area contributed by atoms with Gasteiger partial charge in [0.2, 0.25) is 11.8 Å². The van der Waals surface area contributed by atoms with Gasteiger partial charge in [0.05, 0.1) is 12.8 Å². The minimum atomic E-state index is -0.174. The lowest BCUT2D eigenvalue weighted by atomic mass is 10.0. The number of hydrogen-bond donors (Lipinski definition) is 2. The summed E-state index contributed by atoms with van der Waals surface area (Å²) in [4.78, 5) is 27.0. The standard InChI is InChI=1S/C20H19N3O3/c1-12(24)22-15-6-4-14(5-7-15)16-10-11-21-19-17(16)8-9-18(20(19)26-3)23-13(2)25/h4-11H,1-3H3,(H,22,24)(H,23,25). The van der Waals surface area contributed by atoms with Crippen LogP contribution in [-0.4, -0.2) is 23.9 Å². The smallest absolute Gasteiger partial charge is 0.221 e. The zero-order valence-corrected chi connectivity index (χ0v) is 14.8. The van der Waals surface area contributed by atoms with E-state index >= 15 is 0 Å². The maximum atomic E-state index is 11.4. The highest BCUT2D eigenvalue weighted by Crippen LogP contribution is 2.37. The van der Waals surface area contributed by atoms with Crippen LogP contribution in [0.4, 0.5) is 11.4 Å². The van der Waals surface area contributed by atoms with Gasteiger partial charge in [-0.3, -0.25) is 14.6 Å². The molecule has 0 spiro atoms. The highest BCUT2D eigenvalue weighted by molar-refractivity contribution is 6.02. The Morgan fingerprint density at radius 2 is 1.62 bits per heavy atom. The molecule has 6 heteroatoms. The molecule has 0 atom stereocenters. The monoisotopic (exact) mass is 349 g/mol. The van der Waals surface area contributed by atoms with Gasteiger partial charge in [0.15, 0.2) is 5.75 Å². The lowest BCUT2D eigenvalue weighted by molar-refractivity contribution is -0.115. The molecule has 0 aliphatic carbocycles. The zero-order valence-electron chi connectivity index (χ0n) is 14.8. The van der Waals surface area contributed by atoms with Crippen molar-refractivity contribution in [3.8, 4) is 16.9 Å². The lowest BCUT2D eigenvalue weighted by Gasteiger charge is -2.14. The molecule has 2 amide bonds. The molecule has 0 radical (unpaired) electrons. The maximum Gasteiger partial charge on any atom is 0.221 e. The van der Waals surface area contributed by atoms with Gasteiger partial charge in [0.1, 0.15) is 5.52 Å². The van der Waals surface area contributed by atoms with Crippen molar-refractivity contribution in [3.05, 3.63) is 48.7 Å². The minimum absolute atomic E-state index is 0.109. The van der Waals surface area contributed by atoms with E-state index in [9.17, 15) is 9.59 Å². The molecule has 1 aromatic heterocycles. The molecular formula is C20H19N3O3. The van der Waals surface area contributed by atoms with Crippen molar-refractivity contribution in [2.75, 3.05) is 17.7 Å². The summed E-state index contributed by atoms with van der Waals surface area (Å²) in [6, 6.07) is 13.2. The first-order valence-corrected chi connectivity index (χ1v) is 8.11. The zero-order chi connectivity index (χ0) is 18.7. The number of aromatic nitrogens is 1. The summed E-state index contributed by atoms with van der Waals surface area (Å²) in [6.45, 7) is 2.92. The van der Waals surface area contributed by atoms with Crippen molar-refractivity contribution in [2.24, 2.45) is 0 Å². The number of nitrogens with one attached hydrogen (secondary N) is 2. The number of rotatable bonds is 4.